The Hall–Kier alpha value is -2.81. The van der Waals surface area contributed by atoms with Crippen molar-refractivity contribution in [3.05, 3.63) is 85.1 Å². The van der Waals surface area contributed by atoms with Gasteiger partial charge in [-0.05, 0) is 89.9 Å². The van der Waals surface area contributed by atoms with Crippen LogP contribution in [0.3, 0.4) is 0 Å². The Labute approximate surface area is 596 Å². The summed E-state index contributed by atoms with van der Waals surface area (Å²) in [7, 11) is 1.49. The lowest BCUT2D eigenvalue weighted by molar-refractivity contribution is -0.870. The third-order valence-electron chi connectivity index (χ3n) is 18.4. The molecule has 0 aromatic carbocycles. The third-order valence-corrected chi connectivity index (χ3v) is 19.4. The molecule has 10 heteroatoms. The van der Waals surface area contributed by atoms with Gasteiger partial charge in [0.2, 0.25) is 0 Å². The zero-order valence-corrected chi connectivity index (χ0v) is 65.0. The van der Waals surface area contributed by atoms with Crippen LogP contribution in [0.2, 0.25) is 0 Å². The fourth-order valence-corrected chi connectivity index (χ4v) is 12.9. The van der Waals surface area contributed by atoms with Crippen LogP contribution in [0.1, 0.15) is 399 Å². The van der Waals surface area contributed by atoms with Crippen LogP contribution in [0, 0.1) is 0 Å². The second-order valence-corrected chi connectivity index (χ2v) is 30.6. The summed E-state index contributed by atoms with van der Waals surface area (Å²) in [6.07, 6.45) is 106. The minimum atomic E-state index is -4.40. The van der Waals surface area contributed by atoms with Gasteiger partial charge in [-0.25, -0.2) is 4.57 Å². The van der Waals surface area contributed by atoms with Gasteiger partial charge < -0.3 is 18.9 Å². The Morgan fingerprint density at radius 3 is 0.896 bits per heavy atom. The molecule has 0 amide bonds. The van der Waals surface area contributed by atoms with Crippen molar-refractivity contribution in [3.63, 3.8) is 0 Å². The van der Waals surface area contributed by atoms with Crippen molar-refractivity contribution in [1.29, 1.82) is 0 Å². The summed E-state index contributed by atoms with van der Waals surface area (Å²) in [4.78, 5) is 36.0. The van der Waals surface area contributed by atoms with Crippen LogP contribution in [-0.4, -0.2) is 74.9 Å². The van der Waals surface area contributed by atoms with E-state index in [1.807, 2.05) is 21.1 Å². The molecule has 0 saturated carbocycles. The van der Waals surface area contributed by atoms with Crippen LogP contribution < -0.4 is 0 Å². The lowest BCUT2D eigenvalue weighted by Crippen LogP contribution is -2.37. The predicted molar refractivity (Wildman–Crippen MR) is 418 cm³/mol. The van der Waals surface area contributed by atoms with E-state index in [1.54, 1.807) is 0 Å². The van der Waals surface area contributed by atoms with Crippen LogP contribution >= 0.6 is 7.82 Å². The number of quaternary nitrogens is 1. The Bertz CT molecular complexity index is 1900. The quantitative estimate of drug-likeness (QED) is 0.0211. The Balaban J connectivity index is 3.91. The van der Waals surface area contributed by atoms with Crippen molar-refractivity contribution in [2.75, 3.05) is 47.5 Å². The first-order valence-corrected chi connectivity index (χ1v) is 42.8. The average Bonchev–Trinajstić information content (AvgIpc) is 1.98. The zero-order valence-electron chi connectivity index (χ0n) is 64.1. The molecule has 0 aromatic rings. The molecule has 1 N–H and O–H groups in total. The summed E-state index contributed by atoms with van der Waals surface area (Å²) >= 11 is 0. The molecule has 2 unspecified atom stereocenters. The number of ether oxygens (including phenoxy) is 2. The first kappa shape index (κ1) is 93.2. The van der Waals surface area contributed by atoms with Crippen molar-refractivity contribution in [2.45, 2.75) is 405 Å². The maximum absolute atomic E-state index is 12.9. The van der Waals surface area contributed by atoms with Gasteiger partial charge in [-0.2, -0.15) is 0 Å². The fourth-order valence-electron chi connectivity index (χ4n) is 12.1. The Kier molecular flexibility index (Phi) is 74.1. The second kappa shape index (κ2) is 76.4. The predicted octanol–water partition coefficient (Wildman–Crippen LogP) is 27.6. The summed E-state index contributed by atoms with van der Waals surface area (Å²) < 4.78 is 34.9. The highest BCUT2D eigenvalue weighted by Crippen LogP contribution is 2.43. The molecule has 0 bridgehead atoms. The van der Waals surface area contributed by atoms with E-state index in [4.69, 9.17) is 18.5 Å². The number of unbranched alkanes of at least 4 members (excludes halogenated alkanes) is 49. The van der Waals surface area contributed by atoms with Gasteiger partial charge in [-0.15, -0.1) is 0 Å². The number of phosphoric ester groups is 1. The number of carbonyl (C=O) groups is 2. The van der Waals surface area contributed by atoms with Gasteiger partial charge >= 0.3 is 19.8 Å². The molecule has 96 heavy (non-hydrogen) atoms. The van der Waals surface area contributed by atoms with Gasteiger partial charge in [0.25, 0.3) is 0 Å². The number of hydrogen-bond acceptors (Lipinski definition) is 7. The highest BCUT2D eigenvalue weighted by molar-refractivity contribution is 7.47. The molecule has 0 aliphatic heterocycles. The molecular weight excluding hydrogens is 1210 g/mol. The topological polar surface area (TPSA) is 108 Å². The highest BCUT2D eigenvalue weighted by Gasteiger charge is 2.27. The smallest absolute Gasteiger partial charge is 0.462 e. The van der Waals surface area contributed by atoms with E-state index in [1.165, 1.54) is 295 Å². The molecule has 0 aliphatic carbocycles. The van der Waals surface area contributed by atoms with Crippen molar-refractivity contribution >= 4 is 19.8 Å². The van der Waals surface area contributed by atoms with E-state index in [0.717, 1.165) is 70.6 Å². The van der Waals surface area contributed by atoms with E-state index in [0.29, 0.717) is 23.9 Å². The number of nitrogens with zero attached hydrogens (tertiary/aromatic N) is 1. The lowest BCUT2D eigenvalue weighted by atomic mass is 10.0. The van der Waals surface area contributed by atoms with Crippen molar-refractivity contribution in [2.24, 2.45) is 0 Å². The molecule has 0 heterocycles. The number of esters is 2. The summed E-state index contributed by atoms with van der Waals surface area (Å²) in [6.45, 7) is 4.38. The fraction of sp³-hybridized carbons (Fsp3) is 0.814. The molecule has 560 valence electrons. The number of carbonyl (C=O) groups excluding carboxylic acids is 2. The monoisotopic (exact) mass is 1370 g/mol. The number of allylic oxidation sites excluding steroid dienone is 14. The minimum Gasteiger partial charge on any atom is -0.462 e. The minimum absolute atomic E-state index is 0.0329. The third kappa shape index (κ3) is 80.2. The largest absolute Gasteiger partial charge is 0.472 e. The highest BCUT2D eigenvalue weighted by atomic mass is 31.2. The van der Waals surface area contributed by atoms with Crippen molar-refractivity contribution in [1.82, 2.24) is 0 Å². The molecular formula is C86H159NO8P+. The Morgan fingerprint density at radius 2 is 0.594 bits per heavy atom. The van der Waals surface area contributed by atoms with Crippen molar-refractivity contribution in [3.8, 4) is 0 Å². The molecule has 2 atom stereocenters. The molecule has 0 saturated heterocycles. The maximum Gasteiger partial charge on any atom is 0.472 e. The van der Waals surface area contributed by atoms with Gasteiger partial charge in [-0.3, -0.25) is 18.6 Å². The second-order valence-electron chi connectivity index (χ2n) is 29.1. The van der Waals surface area contributed by atoms with E-state index in [-0.39, 0.29) is 25.6 Å². The van der Waals surface area contributed by atoms with Gasteiger partial charge in [0.15, 0.2) is 6.10 Å². The number of likely N-dealkylation sites (N-methyl/N-ethyl adjacent to an activating group) is 1. The summed E-state index contributed by atoms with van der Waals surface area (Å²) in [5, 5.41) is 0. The van der Waals surface area contributed by atoms with Crippen LogP contribution in [0.25, 0.3) is 0 Å². The summed E-state index contributed by atoms with van der Waals surface area (Å²) in [6, 6.07) is 0. The Morgan fingerprint density at radius 1 is 0.333 bits per heavy atom. The lowest BCUT2D eigenvalue weighted by Gasteiger charge is -2.24. The SMILES string of the molecule is CC/C=C\C/C=C\C/C=C\C/C=C\C/C=C\C/C=C\CCCCCCCCCCCCCCCCCCCCCCC(=O)OC(COC(=O)CCCCCCCCCCCCCCCCCCCCCCC/C=C\CCCCCCCCCC)COP(=O)(O)OCC[N+](C)(C)C. The number of hydrogen-bond donors (Lipinski definition) is 1. The van der Waals surface area contributed by atoms with Crippen LogP contribution in [0.15, 0.2) is 85.1 Å². The van der Waals surface area contributed by atoms with Gasteiger partial charge in [0, 0.05) is 12.8 Å². The molecule has 0 radical (unpaired) electrons. The molecule has 0 spiro atoms. The average molecular weight is 1370 g/mol. The van der Waals surface area contributed by atoms with E-state index >= 15 is 0 Å². The normalized spacial score (nSPS) is 13.4. The van der Waals surface area contributed by atoms with Crippen LogP contribution in [-0.2, 0) is 32.7 Å². The molecule has 0 aromatic heterocycles. The van der Waals surface area contributed by atoms with E-state index in [2.05, 4.69) is 98.9 Å². The number of rotatable bonds is 77. The van der Waals surface area contributed by atoms with Crippen LogP contribution in [0.4, 0.5) is 0 Å². The van der Waals surface area contributed by atoms with E-state index in [9.17, 15) is 19.0 Å². The van der Waals surface area contributed by atoms with Crippen LogP contribution in [0.5, 0.6) is 0 Å². The summed E-state index contributed by atoms with van der Waals surface area (Å²) in [5.74, 6) is -0.776. The standard InChI is InChI=1S/C86H158NO8P/c1-6-8-10-12-14-16-18-20-22-24-26-28-30-32-34-36-38-40-41-42-43-44-45-47-49-51-53-55-57-59-61-63-65-67-69-71-73-75-77-79-86(89)95-84(83-94-96(90,91)93-81-80-87(3,4)5)82-92-85(88)78-76-74-72-70-68-66-64-62-60-58-56-54-52-50-48-46-39-37-35-33-31-29-27-25-23-21-19-17-15-13-11-9-7-2/h8,10,14,16,20,22,25-28,32,34,38,40,84H,6-7,9,11-13,15,17-19,21,23-24,29-31,33,35-37,39,41-83H2,1-5H3/p+1/b10-8-,16-14-,22-20-,27-25-,28-26-,34-32-,40-38-. The molecule has 0 rings (SSSR count). The first-order chi connectivity index (χ1) is 47.0. The van der Waals surface area contributed by atoms with Gasteiger partial charge in [0.1, 0.15) is 19.8 Å². The summed E-state index contributed by atoms with van der Waals surface area (Å²) in [5.41, 5.74) is 0. The molecule has 0 aliphatic rings. The maximum atomic E-state index is 12.9. The molecule has 9 nitrogen and oxygen atoms in total. The first-order valence-electron chi connectivity index (χ1n) is 41.3. The zero-order chi connectivity index (χ0) is 69.7. The van der Waals surface area contributed by atoms with E-state index < -0.39 is 26.5 Å². The van der Waals surface area contributed by atoms with Gasteiger partial charge in [-0.1, -0.05) is 381 Å². The number of phosphoric acid groups is 1. The van der Waals surface area contributed by atoms with Crippen molar-refractivity contribution < 1.29 is 42.1 Å². The van der Waals surface area contributed by atoms with Gasteiger partial charge in [0.05, 0.1) is 27.7 Å². The molecule has 0 fully saturated rings.